The van der Waals surface area contributed by atoms with Crippen molar-refractivity contribution in [2.75, 3.05) is 26.0 Å². The fourth-order valence-electron chi connectivity index (χ4n) is 1.42. The standard InChI is InChI=1S/C12H18N2O.ClH/c1-10(9-14(2)3)12(15)13-11-7-5-4-6-8-11;/h4-8,10H,9H2,1-3H3,(H,13,15);1H. The SMILES string of the molecule is CC(CN(C)C)C(=O)Nc1ccccc1.Cl. The van der Waals surface area contributed by atoms with E-state index in [1.54, 1.807) is 0 Å². The number of nitrogens with zero attached hydrogens (tertiary/aromatic N) is 1. The summed E-state index contributed by atoms with van der Waals surface area (Å²) in [7, 11) is 3.93. The summed E-state index contributed by atoms with van der Waals surface area (Å²) < 4.78 is 0. The van der Waals surface area contributed by atoms with Crippen molar-refractivity contribution in [2.45, 2.75) is 6.92 Å². The Hall–Kier alpha value is -1.06. The molecule has 1 atom stereocenters. The van der Waals surface area contributed by atoms with Gasteiger partial charge in [0.2, 0.25) is 5.91 Å². The zero-order valence-electron chi connectivity index (χ0n) is 9.93. The largest absolute Gasteiger partial charge is 0.326 e. The normalized spacial score (nSPS) is 11.8. The molecule has 0 radical (unpaired) electrons. The molecule has 4 heteroatoms. The van der Waals surface area contributed by atoms with Crippen LogP contribution in [0.5, 0.6) is 0 Å². The van der Waals surface area contributed by atoms with Gasteiger partial charge in [-0.1, -0.05) is 25.1 Å². The van der Waals surface area contributed by atoms with Gasteiger partial charge in [0.1, 0.15) is 0 Å². The highest BCUT2D eigenvalue weighted by molar-refractivity contribution is 5.92. The fourth-order valence-corrected chi connectivity index (χ4v) is 1.42. The summed E-state index contributed by atoms with van der Waals surface area (Å²) in [6.45, 7) is 2.69. The third kappa shape index (κ3) is 5.14. The summed E-state index contributed by atoms with van der Waals surface area (Å²) in [6, 6.07) is 9.53. The molecule has 1 rings (SSSR count). The predicted molar refractivity (Wildman–Crippen MR) is 70.0 cm³/mol. The van der Waals surface area contributed by atoms with Gasteiger partial charge in [-0.05, 0) is 26.2 Å². The molecule has 1 aromatic rings. The van der Waals surface area contributed by atoms with E-state index in [4.69, 9.17) is 0 Å². The van der Waals surface area contributed by atoms with Crippen LogP contribution in [0.25, 0.3) is 0 Å². The quantitative estimate of drug-likeness (QED) is 0.879. The second kappa shape index (κ2) is 7.25. The Morgan fingerprint density at radius 2 is 1.88 bits per heavy atom. The van der Waals surface area contributed by atoms with E-state index in [0.29, 0.717) is 0 Å². The average molecular weight is 243 g/mol. The molecule has 0 saturated carbocycles. The second-order valence-corrected chi connectivity index (χ2v) is 4.02. The number of benzene rings is 1. The highest BCUT2D eigenvalue weighted by atomic mass is 35.5. The molecule has 1 unspecified atom stereocenters. The monoisotopic (exact) mass is 242 g/mol. The molecule has 0 aliphatic carbocycles. The van der Waals surface area contributed by atoms with Crippen LogP contribution in [0.1, 0.15) is 6.92 Å². The zero-order chi connectivity index (χ0) is 11.3. The van der Waals surface area contributed by atoms with Crippen molar-refractivity contribution in [1.82, 2.24) is 4.90 Å². The Kier molecular flexibility index (Phi) is 6.77. The first-order valence-corrected chi connectivity index (χ1v) is 5.10. The number of hydrogen-bond donors (Lipinski definition) is 1. The van der Waals surface area contributed by atoms with E-state index in [-0.39, 0.29) is 24.2 Å². The molecule has 0 fully saturated rings. The molecule has 0 aliphatic heterocycles. The Bertz CT molecular complexity index is 314. The molecule has 90 valence electrons. The van der Waals surface area contributed by atoms with E-state index in [1.807, 2.05) is 56.3 Å². The summed E-state index contributed by atoms with van der Waals surface area (Å²) in [6.07, 6.45) is 0. The molecule has 0 spiro atoms. The van der Waals surface area contributed by atoms with Gasteiger partial charge in [-0.25, -0.2) is 0 Å². The smallest absolute Gasteiger partial charge is 0.228 e. The van der Waals surface area contributed by atoms with Crippen LogP contribution in [0.2, 0.25) is 0 Å². The van der Waals surface area contributed by atoms with Crippen molar-refractivity contribution < 1.29 is 4.79 Å². The summed E-state index contributed by atoms with van der Waals surface area (Å²) in [5.41, 5.74) is 0.855. The number of halogens is 1. The first kappa shape index (κ1) is 14.9. The lowest BCUT2D eigenvalue weighted by molar-refractivity contribution is -0.119. The minimum Gasteiger partial charge on any atom is -0.326 e. The molecule has 16 heavy (non-hydrogen) atoms. The first-order chi connectivity index (χ1) is 7.09. The van der Waals surface area contributed by atoms with E-state index in [1.165, 1.54) is 0 Å². The number of anilines is 1. The van der Waals surface area contributed by atoms with Crippen LogP contribution < -0.4 is 5.32 Å². The van der Waals surface area contributed by atoms with Gasteiger partial charge in [0.15, 0.2) is 0 Å². The molecule has 3 nitrogen and oxygen atoms in total. The third-order valence-corrected chi connectivity index (χ3v) is 2.13. The van der Waals surface area contributed by atoms with Crippen LogP contribution in [0, 0.1) is 5.92 Å². The van der Waals surface area contributed by atoms with Crippen LogP contribution in [0.3, 0.4) is 0 Å². The van der Waals surface area contributed by atoms with Gasteiger partial charge in [-0.3, -0.25) is 4.79 Å². The van der Waals surface area contributed by atoms with E-state index in [9.17, 15) is 4.79 Å². The highest BCUT2D eigenvalue weighted by Crippen LogP contribution is 2.07. The van der Waals surface area contributed by atoms with Crippen molar-refractivity contribution in [1.29, 1.82) is 0 Å². The van der Waals surface area contributed by atoms with Gasteiger partial charge in [0.25, 0.3) is 0 Å². The third-order valence-electron chi connectivity index (χ3n) is 2.13. The van der Waals surface area contributed by atoms with Gasteiger partial charge >= 0.3 is 0 Å². The van der Waals surface area contributed by atoms with Crippen molar-refractivity contribution in [2.24, 2.45) is 5.92 Å². The highest BCUT2D eigenvalue weighted by Gasteiger charge is 2.13. The maximum absolute atomic E-state index is 11.7. The topological polar surface area (TPSA) is 32.3 Å². The molecule has 0 aliphatic rings. The van der Waals surface area contributed by atoms with Crippen molar-refractivity contribution >= 4 is 24.0 Å². The summed E-state index contributed by atoms with van der Waals surface area (Å²) in [5.74, 6) is 0.0649. The first-order valence-electron chi connectivity index (χ1n) is 5.10. The number of para-hydroxylation sites is 1. The molecular formula is C12H19ClN2O. The number of carbonyl (C=O) groups excluding carboxylic acids is 1. The second-order valence-electron chi connectivity index (χ2n) is 4.02. The molecule has 1 amide bonds. The Balaban J connectivity index is 0.00000225. The number of nitrogens with one attached hydrogen (secondary N) is 1. The number of hydrogen-bond acceptors (Lipinski definition) is 2. The van der Waals surface area contributed by atoms with Crippen molar-refractivity contribution in [3.05, 3.63) is 30.3 Å². The number of rotatable bonds is 4. The Labute approximate surface area is 103 Å². The van der Waals surface area contributed by atoms with Crippen LogP contribution in [0.15, 0.2) is 30.3 Å². The van der Waals surface area contributed by atoms with Crippen LogP contribution >= 0.6 is 12.4 Å². The molecule has 0 aromatic heterocycles. The average Bonchev–Trinajstić information content (AvgIpc) is 2.18. The van der Waals surface area contributed by atoms with Gasteiger partial charge in [-0.2, -0.15) is 0 Å². The van der Waals surface area contributed by atoms with Crippen LogP contribution in [-0.4, -0.2) is 31.4 Å². The molecule has 0 saturated heterocycles. The summed E-state index contributed by atoms with van der Waals surface area (Å²) >= 11 is 0. The molecule has 1 N–H and O–H groups in total. The molecule has 0 bridgehead atoms. The van der Waals surface area contributed by atoms with Gasteiger partial charge in [0.05, 0.1) is 0 Å². The lowest BCUT2D eigenvalue weighted by Gasteiger charge is -2.16. The Morgan fingerprint density at radius 3 is 2.38 bits per heavy atom. The van der Waals surface area contributed by atoms with Crippen molar-refractivity contribution in [3.63, 3.8) is 0 Å². The maximum Gasteiger partial charge on any atom is 0.228 e. The van der Waals surface area contributed by atoms with Crippen molar-refractivity contribution in [3.8, 4) is 0 Å². The molecule has 1 aromatic carbocycles. The van der Waals surface area contributed by atoms with Gasteiger partial charge < -0.3 is 10.2 Å². The summed E-state index contributed by atoms with van der Waals surface area (Å²) in [4.78, 5) is 13.7. The van der Waals surface area contributed by atoms with Gasteiger partial charge in [0, 0.05) is 18.2 Å². The van der Waals surface area contributed by atoms with Gasteiger partial charge in [-0.15, -0.1) is 12.4 Å². The number of amides is 1. The fraction of sp³-hybridized carbons (Fsp3) is 0.417. The molecule has 0 heterocycles. The maximum atomic E-state index is 11.7. The van der Waals surface area contributed by atoms with E-state index >= 15 is 0 Å². The van der Waals surface area contributed by atoms with Crippen LogP contribution in [-0.2, 0) is 4.79 Å². The summed E-state index contributed by atoms with van der Waals surface area (Å²) in [5, 5.41) is 2.88. The van der Waals surface area contributed by atoms with E-state index in [2.05, 4.69) is 5.32 Å². The minimum absolute atomic E-state index is 0. The Morgan fingerprint density at radius 1 is 1.31 bits per heavy atom. The zero-order valence-corrected chi connectivity index (χ0v) is 10.8. The molecular weight excluding hydrogens is 224 g/mol. The van der Waals surface area contributed by atoms with E-state index in [0.717, 1.165) is 12.2 Å². The number of carbonyl (C=O) groups is 1. The van der Waals surface area contributed by atoms with E-state index < -0.39 is 0 Å². The van der Waals surface area contributed by atoms with Crippen LogP contribution in [0.4, 0.5) is 5.69 Å². The lowest BCUT2D eigenvalue weighted by atomic mass is 10.1. The predicted octanol–water partition coefficient (Wildman–Crippen LogP) is 2.24. The lowest BCUT2D eigenvalue weighted by Crippen LogP contribution is -2.29. The minimum atomic E-state index is 0.